The quantitative estimate of drug-likeness (QED) is 0.583. The first-order chi connectivity index (χ1) is 6.63. The standard InChI is InChI=1S/C11H24N2O/c1-3-9(2)11(14)10(13)7-5-4-6-8-12/h9-10H,3-8,12-13H2,1-2H3/t9?,10-/m0/s1. The fourth-order valence-corrected chi connectivity index (χ4v) is 1.39. The Morgan fingerprint density at radius 2 is 1.93 bits per heavy atom. The SMILES string of the molecule is CCC(C)C(=O)[C@@H](N)CCCCCN. The van der Waals surface area contributed by atoms with Crippen molar-refractivity contribution in [3.63, 3.8) is 0 Å². The molecule has 0 heterocycles. The molecule has 0 bridgehead atoms. The predicted molar refractivity (Wildman–Crippen MR) is 60.0 cm³/mol. The van der Waals surface area contributed by atoms with Gasteiger partial charge < -0.3 is 11.5 Å². The van der Waals surface area contributed by atoms with Crippen LogP contribution in [0.25, 0.3) is 0 Å². The summed E-state index contributed by atoms with van der Waals surface area (Å²) >= 11 is 0. The molecule has 1 unspecified atom stereocenters. The Bertz CT molecular complexity index is 159. The second kappa shape index (κ2) is 7.94. The molecule has 3 nitrogen and oxygen atoms in total. The summed E-state index contributed by atoms with van der Waals surface area (Å²) in [7, 11) is 0. The second-order valence-corrected chi connectivity index (χ2v) is 3.96. The molecule has 0 radical (unpaired) electrons. The van der Waals surface area contributed by atoms with Crippen LogP contribution in [0.5, 0.6) is 0 Å². The van der Waals surface area contributed by atoms with E-state index in [9.17, 15) is 4.79 Å². The number of ketones is 1. The smallest absolute Gasteiger partial charge is 0.152 e. The summed E-state index contributed by atoms with van der Waals surface area (Å²) in [5.74, 6) is 0.319. The third-order valence-corrected chi connectivity index (χ3v) is 2.68. The lowest BCUT2D eigenvalue weighted by Gasteiger charge is -2.14. The summed E-state index contributed by atoms with van der Waals surface area (Å²) in [6.45, 7) is 4.69. The van der Waals surface area contributed by atoms with E-state index < -0.39 is 0 Å². The number of hydrogen-bond acceptors (Lipinski definition) is 3. The highest BCUT2D eigenvalue weighted by Crippen LogP contribution is 2.09. The van der Waals surface area contributed by atoms with Crippen LogP contribution in [0.15, 0.2) is 0 Å². The number of Topliss-reactive ketones (excluding diaryl/α,β-unsaturated/α-hetero) is 1. The molecule has 0 aliphatic carbocycles. The number of rotatable bonds is 8. The molecule has 0 saturated carbocycles. The maximum Gasteiger partial charge on any atom is 0.152 e. The molecular weight excluding hydrogens is 176 g/mol. The fourth-order valence-electron chi connectivity index (χ4n) is 1.39. The number of nitrogens with two attached hydrogens (primary N) is 2. The normalized spacial score (nSPS) is 15.1. The minimum Gasteiger partial charge on any atom is -0.330 e. The molecule has 0 fully saturated rings. The van der Waals surface area contributed by atoms with Crippen molar-refractivity contribution < 1.29 is 4.79 Å². The molecule has 84 valence electrons. The molecule has 0 saturated heterocycles. The van der Waals surface area contributed by atoms with Crippen molar-refractivity contribution in [2.75, 3.05) is 6.54 Å². The summed E-state index contributed by atoms with van der Waals surface area (Å²) in [6.07, 6.45) is 4.82. The second-order valence-electron chi connectivity index (χ2n) is 3.96. The fraction of sp³-hybridized carbons (Fsp3) is 0.909. The van der Waals surface area contributed by atoms with E-state index in [1.807, 2.05) is 13.8 Å². The van der Waals surface area contributed by atoms with Gasteiger partial charge in [0.25, 0.3) is 0 Å². The highest BCUT2D eigenvalue weighted by Gasteiger charge is 2.18. The monoisotopic (exact) mass is 200 g/mol. The molecule has 0 spiro atoms. The van der Waals surface area contributed by atoms with Gasteiger partial charge in [0.15, 0.2) is 5.78 Å². The summed E-state index contributed by atoms with van der Waals surface area (Å²) in [4.78, 5) is 11.6. The summed E-state index contributed by atoms with van der Waals surface area (Å²) < 4.78 is 0. The minimum absolute atomic E-state index is 0.111. The van der Waals surface area contributed by atoms with Gasteiger partial charge in [0.05, 0.1) is 6.04 Å². The molecule has 0 aromatic rings. The molecular formula is C11H24N2O. The third-order valence-electron chi connectivity index (χ3n) is 2.68. The molecule has 0 aromatic heterocycles. The molecule has 0 aromatic carbocycles. The Hall–Kier alpha value is -0.410. The molecule has 3 heteroatoms. The van der Waals surface area contributed by atoms with Crippen LogP contribution < -0.4 is 11.5 Å². The molecule has 2 atom stereocenters. The molecule has 14 heavy (non-hydrogen) atoms. The van der Waals surface area contributed by atoms with E-state index in [2.05, 4.69) is 0 Å². The lowest BCUT2D eigenvalue weighted by molar-refractivity contribution is -0.123. The van der Waals surface area contributed by atoms with Gasteiger partial charge in [-0.3, -0.25) is 4.79 Å². The van der Waals surface area contributed by atoms with Crippen LogP contribution >= 0.6 is 0 Å². The van der Waals surface area contributed by atoms with Gasteiger partial charge in [-0.2, -0.15) is 0 Å². The van der Waals surface area contributed by atoms with Gasteiger partial charge in [-0.05, 0) is 25.8 Å². The Balaban J connectivity index is 3.62. The molecule has 0 rings (SSSR count). The van der Waals surface area contributed by atoms with Gasteiger partial charge in [0, 0.05) is 5.92 Å². The topological polar surface area (TPSA) is 69.1 Å². The Labute approximate surface area is 87.2 Å². The van der Waals surface area contributed by atoms with E-state index in [1.165, 1.54) is 0 Å². The zero-order chi connectivity index (χ0) is 11.0. The van der Waals surface area contributed by atoms with Gasteiger partial charge >= 0.3 is 0 Å². The van der Waals surface area contributed by atoms with Crippen LogP contribution in [0.3, 0.4) is 0 Å². The van der Waals surface area contributed by atoms with Crippen molar-refractivity contribution in [1.82, 2.24) is 0 Å². The Kier molecular flexibility index (Phi) is 7.71. The van der Waals surface area contributed by atoms with Crippen LogP contribution in [-0.2, 0) is 4.79 Å². The van der Waals surface area contributed by atoms with Crippen molar-refractivity contribution in [2.45, 2.75) is 52.0 Å². The van der Waals surface area contributed by atoms with Crippen LogP contribution in [-0.4, -0.2) is 18.4 Å². The van der Waals surface area contributed by atoms with Gasteiger partial charge in [-0.15, -0.1) is 0 Å². The van der Waals surface area contributed by atoms with Gasteiger partial charge in [-0.25, -0.2) is 0 Å². The maximum absolute atomic E-state index is 11.6. The van der Waals surface area contributed by atoms with Crippen molar-refractivity contribution in [3.05, 3.63) is 0 Å². The molecule has 0 aliphatic heterocycles. The van der Waals surface area contributed by atoms with Gasteiger partial charge in [-0.1, -0.05) is 26.7 Å². The van der Waals surface area contributed by atoms with Gasteiger partial charge in [0.2, 0.25) is 0 Å². The van der Waals surface area contributed by atoms with Crippen molar-refractivity contribution in [1.29, 1.82) is 0 Å². The molecule has 0 aliphatic rings. The van der Waals surface area contributed by atoms with Crippen molar-refractivity contribution >= 4 is 5.78 Å². The third kappa shape index (κ3) is 5.35. The van der Waals surface area contributed by atoms with E-state index in [0.29, 0.717) is 0 Å². The number of carbonyl (C=O) groups excluding carboxylic acids is 1. The first-order valence-electron chi connectivity index (χ1n) is 5.62. The first-order valence-corrected chi connectivity index (χ1v) is 5.62. The minimum atomic E-state index is -0.261. The lowest BCUT2D eigenvalue weighted by atomic mass is 9.94. The lowest BCUT2D eigenvalue weighted by Crippen LogP contribution is -2.34. The van der Waals surface area contributed by atoms with E-state index in [-0.39, 0.29) is 17.7 Å². The van der Waals surface area contributed by atoms with E-state index in [1.54, 1.807) is 0 Å². The van der Waals surface area contributed by atoms with Crippen LogP contribution in [0.4, 0.5) is 0 Å². The molecule has 0 amide bonds. The van der Waals surface area contributed by atoms with E-state index in [0.717, 1.165) is 38.6 Å². The largest absolute Gasteiger partial charge is 0.330 e. The summed E-state index contributed by atoms with van der Waals surface area (Å²) in [6, 6.07) is -0.261. The van der Waals surface area contributed by atoms with E-state index >= 15 is 0 Å². The molecule has 4 N–H and O–H groups in total. The highest BCUT2D eigenvalue weighted by molar-refractivity contribution is 5.85. The maximum atomic E-state index is 11.6. The average Bonchev–Trinajstić information content (AvgIpc) is 2.21. The number of hydrogen-bond donors (Lipinski definition) is 2. The number of carbonyl (C=O) groups is 1. The van der Waals surface area contributed by atoms with Crippen molar-refractivity contribution in [3.8, 4) is 0 Å². The van der Waals surface area contributed by atoms with E-state index in [4.69, 9.17) is 11.5 Å². The highest BCUT2D eigenvalue weighted by atomic mass is 16.1. The predicted octanol–water partition coefficient (Wildman–Crippen LogP) is 1.45. The zero-order valence-electron chi connectivity index (χ0n) is 9.46. The summed E-state index contributed by atoms with van der Waals surface area (Å²) in [5, 5.41) is 0. The van der Waals surface area contributed by atoms with Crippen LogP contribution in [0.1, 0.15) is 46.0 Å². The van der Waals surface area contributed by atoms with Gasteiger partial charge in [0.1, 0.15) is 0 Å². The Morgan fingerprint density at radius 1 is 1.29 bits per heavy atom. The average molecular weight is 200 g/mol. The van der Waals surface area contributed by atoms with Crippen LogP contribution in [0, 0.1) is 5.92 Å². The van der Waals surface area contributed by atoms with Crippen molar-refractivity contribution in [2.24, 2.45) is 17.4 Å². The first kappa shape index (κ1) is 13.6. The number of unbranched alkanes of at least 4 members (excludes halogenated alkanes) is 2. The Morgan fingerprint density at radius 3 is 2.43 bits per heavy atom. The van der Waals surface area contributed by atoms with Crippen LogP contribution in [0.2, 0.25) is 0 Å². The zero-order valence-corrected chi connectivity index (χ0v) is 9.46. The summed E-state index contributed by atoms with van der Waals surface area (Å²) in [5.41, 5.74) is 11.2.